The van der Waals surface area contributed by atoms with Gasteiger partial charge in [0.25, 0.3) is 0 Å². The van der Waals surface area contributed by atoms with E-state index < -0.39 is 0 Å². The van der Waals surface area contributed by atoms with E-state index in [1.165, 1.54) is 38.8 Å². The molecule has 1 atom stereocenters. The first-order chi connectivity index (χ1) is 6.88. The lowest BCUT2D eigenvalue weighted by Crippen LogP contribution is -2.37. The van der Waals surface area contributed by atoms with Crippen LogP contribution in [0.1, 0.15) is 32.1 Å². The molecule has 1 unspecified atom stereocenters. The van der Waals surface area contributed by atoms with Gasteiger partial charge >= 0.3 is 0 Å². The normalized spacial score (nSPS) is 23.1. The topological polar surface area (TPSA) is 35.5 Å². The molecule has 0 spiro atoms. The molecule has 1 aliphatic heterocycles. The van der Waals surface area contributed by atoms with Crippen molar-refractivity contribution in [2.45, 2.75) is 38.1 Å². The number of likely N-dealkylation sites (N-methyl/N-ethyl adjacent to an activating group) is 1. The summed E-state index contributed by atoms with van der Waals surface area (Å²) in [5.41, 5.74) is 0. The molecule has 1 fully saturated rings. The van der Waals surface area contributed by atoms with Crippen LogP contribution in [0.25, 0.3) is 0 Å². The second-order valence-corrected chi connectivity index (χ2v) is 4.17. The van der Waals surface area contributed by atoms with E-state index in [1.807, 2.05) is 7.05 Å². The van der Waals surface area contributed by atoms with E-state index in [9.17, 15) is 0 Å². The average Bonchev–Trinajstić information content (AvgIpc) is 2.61. The van der Waals surface area contributed by atoms with Gasteiger partial charge in [-0.15, -0.1) is 0 Å². The van der Waals surface area contributed by atoms with E-state index in [0.717, 1.165) is 19.0 Å². The summed E-state index contributed by atoms with van der Waals surface area (Å²) in [4.78, 5) is 2.59. The molecule has 84 valence electrons. The Morgan fingerprint density at radius 3 is 2.93 bits per heavy atom. The number of hydrogen-bond acceptors (Lipinski definition) is 3. The predicted octanol–water partition coefficient (Wildman–Crippen LogP) is 0.833. The van der Waals surface area contributed by atoms with Crippen LogP contribution in [0.3, 0.4) is 0 Å². The number of likely N-dealkylation sites (tertiary alicyclic amines) is 1. The summed E-state index contributed by atoms with van der Waals surface area (Å²) < 4.78 is 0. The molecule has 1 saturated heterocycles. The number of unbranched alkanes of at least 4 members (excludes halogenated alkanes) is 2. The summed E-state index contributed by atoms with van der Waals surface area (Å²) in [7, 11) is 2.03. The summed E-state index contributed by atoms with van der Waals surface area (Å²) >= 11 is 0. The molecule has 3 heteroatoms. The zero-order valence-electron chi connectivity index (χ0n) is 9.34. The van der Waals surface area contributed by atoms with Gasteiger partial charge in [0.05, 0.1) is 0 Å². The van der Waals surface area contributed by atoms with Crippen LogP contribution < -0.4 is 5.32 Å². The highest BCUT2D eigenvalue weighted by Crippen LogP contribution is 2.17. The Hall–Kier alpha value is -0.120. The lowest BCUT2D eigenvalue weighted by molar-refractivity contribution is 0.236. The maximum absolute atomic E-state index is 8.67. The van der Waals surface area contributed by atoms with Crippen LogP contribution >= 0.6 is 0 Å². The lowest BCUT2D eigenvalue weighted by atomic mass is 10.2. The van der Waals surface area contributed by atoms with Gasteiger partial charge in [0.1, 0.15) is 0 Å². The zero-order chi connectivity index (χ0) is 10.2. The van der Waals surface area contributed by atoms with Crippen molar-refractivity contribution in [3.8, 4) is 0 Å². The first-order valence-electron chi connectivity index (χ1n) is 5.88. The Bertz CT molecular complexity index is 141. The monoisotopic (exact) mass is 200 g/mol. The highest BCUT2D eigenvalue weighted by atomic mass is 16.2. The molecule has 1 rings (SSSR count). The summed E-state index contributed by atoms with van der Waals surface area (Å²) in [5, 5.41) is 11.9. The molecular formula is C11H24N2O. The van der Waals surface area contributed by atoms with E-state index >= 15 is 0 Å². The van der Waals surface area contributed by atoms with Crippen molar-refractivity contribution in [3.63, 3.8) is 0 Å². The highest BCUT2D eigenvalue weighted by molar-refractivity contribution is 4.80. The SMILES string of the molecule is CNCC1CCCN1CCCCCO. The Morgan fingerprint density at radius 2 is 2.21 bits per heavy atom. The number of nitrogens with one attached hydrogen (secondary N) is 1. The lowest BCUT2D eigenvalue weighted by Gasteiger charge is -2.23. The minimum absolute atomic E-state index is 0.347. The largest absolute Gasteiger partial charge is 0.396 e. The van der Waals surface area contributed by atoms with Crippen LogP contribution in [0.2, 0.25) is 0 Å². The van der Waals surface area contributed by atoms with Gasteiger partial charge in [-0.25, -0.2) is 0 Å². The fourth-order valence-corrected chi connectivity index (χ4v) is 2.26. The Kier molecular flexibility index (Phi) is 6.15. The summed E-state index contributed by atoms with van der Waals surface area (Å²) in [6.45, 7) is 3.96. The van der Waals surface area contributed by atoms with Crippen LogP contribution in [0.4, 0.5) is 0 Å². The van der Waals surface area contributed by atoms with E-state index in [4.69, 9.17) is 5.11 Å². The molecule has 0 bridgehead atoms. The molecule has 0 radical (unpaired) electrons. The summed E-state index contributed by atoms with van der Waals surface area (Å²) in [6, 6.07) is 0.758. The number of rotatable bonds is 7. The Labute approximate surface area is 87.5 Å². The van der Waals surface area contributed by atoms with Crippen LogP contribution in [0.15, 0.2) is 0 Å². The molecule has 3 nitrogen and oxygen atoms in total. The fraction of sp³-hybridized carbons (Fsp3) is 1.00. The minimum Gasteiger partial charge on any atom is -0.396 e. The third-order valence-corrected chi connectivity index (χ3v) is 3.04. The van der Waals surface area contributed by atoms with Crippen molar-refractivity contribution < 1.29 is 5.11 Å². The van der Waals surface area contributed by atoms with Crippen molar-refractivity contribution in [2.24, 2.45) is 0 Å². The molecule has 0 aromatic heterocycles. The fourth-order valence-electron chi connectivity index (χ4n) is 2.26. The summed E-state index contributed by atoms with van der Waals surface area (Å²) in [6.07, 6.45) is 6.07. The van der Waals surface area contributed by atoms with Crippen molar-refractivity contribution in [2.75, 3.05) is 33.3 Å². The van der Waals surface area contributed by atoms with Crippen LogP contribution in [-0.2, 0) is 0 Å². The molecule has 0 saturated carbocycles. The number of aliphatic hydroxyl groups is 1. The zero-order valence-corrected chi connectivity index (χ0v) is 9.34. The number of aliphatic hydroxyl groups excluding tert-OH is 1. The van der Waals surface area contributed by atoms with Gasteiger partial charge in [-0.05, 0) is 52.2 Å². The molecule has 14 heavy (non-hydrogen) atoms. The van der Waals surface area contributed by atoms with Gasteiger partial charge in [0.15, 0.2) is 0 Å². The Balaban J connectivity index is 2.09. The van der Waals surface area contributed by atoms with Crippen LogP contribution in [0, 0.1) is 0 Å². The first kappa shape index (κ1) is 12.0. The molecule has 0 aromatic rings. The van der Waals surface area contributed by atoms with E-state index in [-0.39, 0.29) is 0 Å². The Morgan fingerprint density at radius 1 is 1.36 bits per heavy atom. The molecule has 0 aromatic carbocycles. The molecule has 2 N–H and O–H groups in total. The van der Waals surface area contributed by atoms with Crippen molar-refractivity contribution >= 4 is 0 Å². The first-order valence-corrected chi connectivity index (χ1v) is 5.88. The minimum atomic E-state index is 0.347. The molecule has 1 heterocycles. The van der Waals surface area contributed by atoms with Crippen LogP contribution in [-0.4, -0.2) is 49.3 Å². The smallest absolute Gasteiger partial charge is 0.0431 e. The van der Waals surface area contributed by atoms with Gasteiger partial charge in [-0.3, -0.25) is 4.90 Å². The molecule has 1 aliphatic rings. The number of hydrogen-bond donors (Lipinski definition) is 2. The van der Waals surface area contributed by atoms with Gasteiger partial charge < -0.3 is 10.4 Å². The van der Waals surface area contributed by atoms with Crippen molar-refractivity contribution in [1.82, 2.24) is 10.2 Å². The quantitative estimate of drug-likeness (QED) is 0.598. The molecule has 0 aliphatic carbocycles. The standard InChI is InChI=1S/C11H24N2O/c1-12-10-11-6-5-8-13(11)7-3-2-4-9-14/h11-12,14H,2-10H2,1H3. The third kappa shape index (κ3) is 3.95. The van der Waals surface area contributed by atoms with E-state index in [2.05, 4.69) is 10.2 Å². The average molecular weight is 200 g/mol. The number of nitrogens with zero attached hydrogens (tertiary/aromatic N) is 1. The predicted molar refractivity (Wildman–Crippen MR) is 59.5 cm³/mol. The summed E-state index contributed by atoms with van der Waals surface area (Å²) in [5.74, 6) is 0. The molecular weight excluding hydrogens is 176 g/mol. The van der Waals surface area contributed by atoms with Crippen molar-refractivity contribution in [1.29, 1.82) is 0 Å². The van der Waals surface area contributed by atoms with Gasteiger partial charge in [-0.1, -0.05) is 0 Å². The third-order valence-electron chi connectivity index (χ3n) is 3.04. The second-order valence-electron chi connectivity index (χ2n) is 4.17. The van der Waals surface area contributed by atoms with E-state index in [1.54, 1.807) is 0 Å². The molecule has 0 amide bonds. The maximum atomic E-state index is 8.67. The van der Waals surface area contributed by atoms with Gasteiger partial charge in [-0.2, -0.15) is 0 Å². The highest BCUT2D eigenvalue weighted by Gasteiger charge is 2.22. The van der Waals surface area contributed by atoms with E-state index in [0.29, 0.717) is 6.61 Å². The van der Waals surface area contributed by atoms with Gasteiger partial charge in [0, 0.05) is 19.2 Å². The van der Waals surface area contributed by atoms with Gasteiger partial charge in [0.2, 0.25) is 0 Å². The van der Waals surface area contributed by atoms with Crippen molar-refractivity contribution in [3.05, 3.63) is 0 Å². The second kappa shape index (κ2) is 7.21. The maximum Gasteiger partial charge on any atom is 0.0431 e. The van der Waals surface area contributed by atoms with Crippen LogP contribution in [0.5, 0.6) is 0 Å².